The molecule has 0 atom stereocenters. The highest BCUT2D eigenvalue weighted by molar-refractivity contribution is 7.14. The number of para-hydroxylation sites is 1. The summed E-state index contributed by atoms with van der Waals surface area (Å²) >= 11 is 1.19. The van der Waals surface area contributed by atoms with Gasteiger partial charge in [0.25, 0.3) is 5.91 Å². The van der Waals surface area contributed by atoms with E-state index in [-0.39, 0.29) is 18.3 Å². The summed E-state index contributed by atoms with van der Waals surface area (Å²) in [7, 11) is 0. The van der Waals surface area contributed by atoms with Crippen LogP contribution in [0.1, 0.15) is 11.1 Å². The van der Waals surface area contributed by atoms with E-state index in [1.807, 2.05) is 32.0 Å². The van der Waals surface area contributed by atoms with Gasteiger partial charge in [0.2, 0.25) is 0 Å². The average Bonchev–Trinajstić information content (AvgIpc) is 3.09. The van der Waals surface area contributed by atoms with E-state index in [2.05, 4.69) is 15.0 Å². The number of anilines is 1. The zero-order valence-electron chi connectivity index (χ0n) is 15.2. The highest BCUT2D eigenvalue weighted by Crippen LogP contribution is 2.33. The van der Waals surface area contributed by atoms with Crippen molar-refractivity contribution in [1.82, 2.24) is 4.98 Å². The van der Waals surface area contributed by atoms with E-state index in [0.29, 0.717) is 22.1 Å². The molecule has 0 unspecified atom stereocenters. The summed E-state index contributed by atoms with van der Waals surface area (Å²) in [5.74, 6) is 0.301. The largest absolute Gasteiger partial charge is 0.483 e. The van der Waals surface area contributed by atoms with Crippen molar-refractivity contribution < 1.29 is 23.0 Å². The van der Waals surface area contributed by atoms with Crippen LogP contribution in [-0.4, -0.2) is 24.1 Å². The summed E-state index contributed by atoms with van der Waals surface area (Å²) in [5, 5.41) is 4.65. The molecule has 1 amide bonds. The lowest BCUT2D eigenvalue weighted by Gasteiger charge is -2.09. The quantitative estimate of drug-likeness (QED) is 0.599. The maximum Gasteiger partial charge on any atom is 0.387 e. The number of hydrogen-bond acceptors (Lipinski definition) is 5. The van der Waals surface area contributed by atoms with Crippen LogP contribution < -0.4 is 14.8 Å². The Bertz CT molecular complexity index is 976. The Kier molecular flexibility index (Phi) is 6.20. The number of hydrogen-bond donors (Lipinski definition) is 1. The van der Waals surface area contributed by atoms with Gasteiger partial charge in [0.1, 0.15) is 11.5 Å². The predicted octanol–water partition coefficient (Wildman–Crippen LogP) is 5.05. The Labute approximate surface area is 164 Å². The van der Waals surface area contributed by atoms with E-state index in [1.165, 1.54) is 17.4 Å². The molecule has 146 valence electrons. The lowest BCUT2D eigenvalue weighted by Crippen LogP contribution is -2.20. The lowest BCUT2D eigenvalue weighted by atomic mass is 10.1. The van der Waals surface area contributed by atoms with E-state index in [9.17, 15) is 13.6 Å². The Morgan fingerprint density at radius 2 is 1.96 bits per heavy atom. The van der Waals surface area contributed by atoms with Crippen LogP contribution in [0.5, 0.6) is 11.5 Å². The molecule has 1 aromatic heterocycles. The first-order chi connectivity index (χ1) is 13.4. The van der Waals surface area contributed by atoms with Crippen LogP contribution in [0.4, 0.5) is 13.9 Å². The molecule has 3 rings (SSSR count). The number of benzene rings is 2. The first kappa shape index (κ1) is 19.8. The molecule has 0 saturated heterocycles. The lowest BCUT2D eigenvalue weighted by molar-refractivity contribution is -0.118. The third-order valence-corrected chi connectivity index (χ3v) is 4.58. The fraction of sp³-hybridized carbons (Fsp3) is 0.200. The van der Waals surface area contributed by atoms with Crippen LogP contribution in [0.15, 0.2) is 47.8 Å². The van der Waals surface area contributed by atoms with Gasteiger partial charge in [0.05, 0.1) is 5.69 Å². The highest BCUT2D eigenvalue weighted by Gasteiger charge is 2.14. The minimum absolute atomic E-state index is 0.0267. The Morgan fingerprint density at radius 1 is 1.18 bits per heavy atom. The summed E-state index contributed by atoms with van der Waals surface area (Å²) in [6.45, 7) is 0.797. The van der Waals surface area contributed by atoms with Crippen LogP contribution in [0.25, 0.3) is 11.3 Å². The number of nitrogens with one attached hydrogen (secondary N) is 1. The molecule has 1 N–H and O–H groups in total. The first-order valence-electron chi connectivity index (χ1n) is 8.42. The van der Waals surface area contributed by atoms with E-state index >= 15 is 0 Å². The van der Waals surface area contributed by atoms with Crippen molar-refractivity contribution in [3.8, 4) is 22.8 Å². The van der Waals surface area contributed by atoms with Gasteiger partial charge in [-0.2, -0.15) is 8.78 Å². The first-order valence-corrected chi connectivity index (χ1v) is 9.30. The van der Waals surface area contributed by atoms with Gasteiger partial charge in [0.15, 0.2) is 11.7 Å². The summed E-state index contributed by atoms with van der Waals surface area (Å²) in [6.07, 6.45) is 0. The molecule has 0 fully saturated rings. The van der Waals surface area contributed by atoms with Crippen molar-refractivity contribution in [1.29, 1.82) is 0 Å². The van der Waals surface area contributed by atoms with E-state index in [4.69, 9.17) is 4.74 Å². The van der Waals surface area contributed by atoms with E-state index in [1.54, 1.807) is 23.6 Å². The van der Waals surface area contributed by atoms with Gasteiger partial charge < -0.3 is 9.47 Å². The molecule has 0 aliphatic carbocycles. The van der Waals surface area contributed by atoms with Gasteiger partial charge >= 0.3 is 6.61 Å². The number of carbonyl (C=O) groups excluding carboxylic acids is 1. The number of nitrogens with zero attached hydrogens (tertiary/aromatic N) is 1. The van der Waals surface area contributed by atoms with Gasteiger partial charge in [-0.15, -0.1) is 11.3 Å². The van der Waals surface area contributed by atoms with Crippen molar-refractivity contribution in [2.75, 3.05) is 11.9 Å². The smallest absolute Gasteiger partial charge is 0.387 e. The number of thiazole rings is 1. The van der Waals surface area contributed by atoms with Gasteiger partial charge in [-0.05, 0) is 37.6 Å². The number of amides is 1. The van der Waals surface area contributed by atoms with Gasteiger partial charge in [-0.25, -0.2) is 4.98 Å². The highest BCUT2D eigenvalue weighted by atomic mass is 32.1. The summed E-state index contributed by atoms with van der Waals surface area (Å²) in [6, 6.07) is 12.1. The normalized spacial score (nSPS) is 10.8. The zero-order chi connectivity index (χ0) is 20.1. The second-order valence-corrected chi connectivity index (χ2v) is 6.88. The number of rotatable bonds is 7. The van der Waals surface area contributed by atoms with Gasteiger partial charge in [-0.3, -0.25) is 10.1 Å². The fourth-order valence-corrected chi connectivity index (χ4v) is 3.32. The second-order valence-electron chi connectivity index (χ2n) is 6.02. The average molecular weight is 404 g/mol. The van der Waals surface area contributed by atoms with E-state index in [0.717, 1.165) is 11.1 Å². The van der Waals surface area contributed by atoms with Crippen molar-refractivity contribution in [3.05, 3.63) is 59.0 Å². The monoisotopic (exact) mass is 404 g/mol. The molecule has 5 nitrogen and oxygen atoms in total. The van der Waals surface area contributed by atoms with Crippen LogP contribution >= 0.6 is 11.3 Å². The molecule has 0 radical (unpaired) electrons. The topological polar surface area (TPSA) is 60.5 Å². The molecule has 2 aromatic carbocycles. The molecule has 0 bridgehead atoms. The van der Waals surface area contributed by atoms with Crippen molar-refractivity contribution in [2.45, 2.75) is 20.5 Å². The van der Waals surface area contributed by atoms with Crippen LogP contribution in [-0.2, 0) is 4.79 Å². The Morgan fingerprint density at radius 3 is 2.71 bits per heavy atom. The molecule has 3 aromatic rings. The number of aromatic nitrogens is 1. The van der Waals surface area contributed by atoms with E-state index < -0.39 is 6.61 Å². The Hall–Kier alpha value is -3.00. The third-order valence-electron chi connectivity index (χ3n) is 3.82. The molecular weight excluding hydrogens is 386 g/mol. The maximum absolute atomic E-state index is 12.6. The SMILES string of the molecule is Cc1ccc(OCC(=O)Nc2nc(-c3ccccc3OC(F)F)cs2)c(C)c1. The summed E-state index contributed by atoms with van der Waals surface area (Å²) in [5.41, 5.74) is 2.92. The van der Waals surface area contributed by atoms with Crippen LogP contribution in [0, 0.1) is 13.8 Å². The van der Waals surface area contributed by atoms with Crippen molar-refractivity contribution in [2.24, 2.45) is 0 Å². The second kappa shape index (κ2) is 8.79. The molecule has 1 heterocycles. The molecule has 8 heteroatoms. The zero-order valence-corrected chi connectivity index (χ0v) is 16.1. The predicted molar refractivity (Wildman–Crippen MR) is 104 cm³/mol. The number of aryl methyl sites for hydroxylation is 2. The number of carbonyl (C=O) groups is 1. The Balaban J connectivity index is 1.64. The number of halogens is 2. The van der Waals surface area contributed by atoms with Crippen molar-refractivity contribution >= 4 is 22.4 Å². The summed E-state index contributed by atoms with van der Waals surface area (Å²) in [4.78, 5) is 16.4. The maximum atomic E-state index is 12.6. The molecule has 0 aliphatic rings. The minimum Gasteiger partial charge on any atom is -0.483 e. The number of ether oxygens (including phenoxy) is 2. The van der Waals surface area contributed by atoms with Gasteiger partial charge in [0, 0.05) is 10.9 Å². The van der Waals surface area contributed by atoms with Gasteiger partial charge in [-0.1, -0.05) is 29.8 Å². The third kappa shape index (κ3) is 5.04. The molecule has 0 saturated carbocycles. The van der Waals surface area contributed by atoms with Crippen molar-refractivity contribution in [3.63, 3.8) is 0 Å². The van der Waals surface area contributed by atoms with Crippen LogP contribution in [0.3, 0.4) is 0 Å². The summed E-state index contributed by atoms with van der Waals surface area (Å²) < 4.78 is 35.2. The number of alkyl halides is 2. The molecule has 28 heavy (non-hydrogen) atoms. The molecule has 0 spiro atoms. The standard InChI is InChI=1S/C20H18F2N2O3S/c1-12-7-8-16(13(2)9-12)26-10-18(25)24-20-23-15(11-28-20)14-5-3-4-6-17(14)27-19(21)22/h3-9,11,19H,10H2,1-2H3,(H,23,24,25). The van der Waals surface area contributed by atoms with Crippen LogP contribution in [0.2, 0.25) is 0 Å². The minimum atomic E-state index is -2.93. The molecular formula is C20H18F2N2O3S. The fourth-order valence-electron chi connectivity index (χ4n) is 2.59. The molecule has 0 aliphatic heterocycles.